The molecule has 31 heavy (non-hydrogen) atoms. The molecule has 0 bridgehead atoms. The Balaban J connectivity index is -0.000000107. The van der Waals surface area contributed by atoms with Gasteiger partial charge >= 0.3 is 176 Å². The smallest absolute Gasteiger partial charge is 0.418 e. The van der Waals surface area contributed by atoms with Gasteiger partial charge in [0.2, 0.25) is 0 Å². The molecule has 1 saturated heterocycles. The van der Waals surface area contributed by atoms with Crippen molar-refractivity contribution in [2.45, 2.75) is 12.8 Å². The van der Waals surface area contributed by atoms with Crippen LogP contribution in [-0.4, -0.2) is 45.7 Å². The number of nitrogens with zero attached hydrogens (tertiary/aromatic N) is 1. The molecule has 2 rings (SSSR count). The van der Waals surface area contributed by atoms with Gasteiger partial charge in [0.1, 0.15) is 0 Å². The zero-order chi connectivity index (χ0) is 22.6. The van der Waals surface area contributed by atoms with Crippen LogP contribution in [0.25, 0.3) is 0 Å². The average Bonchev–Trinajstić information content (AvgIpc) is 2.96. The molecule has 0 aromatic heterocycles. The van der Waals surface area contributed by atoms with E-state index in [2.05, 4.69) is 0 Å². The molecule has 1 fully saturated rings. The number of benzene rings is 1. The van der Waals surface area contributed by atoms with Gasteiger partial charge in [-0.1, -0.05) is 18.2 Å². The van der Waals surface area contributed by atoms with E-state index in [4.69, 9.17) is 0 Å². The van der Waals surface area contributed by atoms with Crippen LogP contribution in [0.4, 0.5) is 51.8 Å². The number of amides is 1. The van der Waals surface area contributed by atoms with E-state index in [1.54, 1.807) is 0 Å². The first-order valence-corrected chi connectivity index (χ1v) is 7.34. The van der Waals surface area contributed by atoms with Crippen LogP contribution in [0.2, 0.25) is 0 Å². The fourth-order valence-electron chi connectivity index (χ4n) is 1.68. The number of hydrogen-bond acceptors (Lipinski definition) is 1. The minimum Gasteiger partial charge on any atom is -0.418 e. The van der Waals surface area contributed by atoms with E-state index in [0.717, 1.165) is 31.5 Å². The van der Waals surface area contributed by atoms with Crippen molar-refractivity contribution in [2.75, 3.05) is 13.1 Å². The summed E-state index contributed by atoms with van der Waals surface area (Å²) in [5, 5.41) is 0. The van der Waals surface area contributed by atoms with Gasteiger partial charge in [-0.3, -0.25) is 4.79 Å². The summed E-state index contributed by atoms with van der Waals surface area (Å²) in [5.41, 5.74) is 0.810. The van der Waals surface area contributed by atoms with Crippen molar-refractivity contribution < 1.29 is 211 Å². The van der Waals surface area contributed by atoms with Crippen molar-refractivity contribution in [3.05, 3.63) is 35.9 Å². The summed E-state index contributed by atoms with van der Waals surface area (Å²) in [6.45, 7) is 1.85. The first kappa shape index (κ1) is 44.0. The van der Waals surface area contributed by atoms with Crippen LogP contribution in [0.1, 0.15) is 23.2 Å². The standard InChI is InChI=1S/C11H13NO.3BF4.3K/c13-11(12-8-4-5-9-12)10-6-2-1-3-7-10;3*2-1(3,4)5;;;/h1-3,6-7H,4-5,8-9H2;;;;;;/q;3*-1;3*+1. The summed E-state index contributed by atoms with van der Waals surface area (Å²) in [6.07, 6.45) is 2.30. The van der Waals surface area contributed by atoms with E-state index in [9.17, 15) is 56.6 Å². The van der Waals surface area contributed by atoms with Crippen LogP contribution in [0.3, 0.4) is 0 Å². The molecule has 0 N–H and O–H groups in total. The van der Waals surface area contributed by atoms with Crippen LogP contribution >= 0.6 is 0 Å². The second-order valence-corrected chi connectivity index (χ2v) is 4.85. The Bertz CT molecular complexity index is 510. The average molecular weight is 553 g/mol. The Morgan fingerprint density at radius 2 is 0.871 bits per heavy atom. The van der Waals surface area contributed by atoms with Gasteiger partial charge in [-0.15, -0.1) is 0 Å². The zero-order valence-corrected chi connectivity index (χ0v) is 26.2. The minimum atomic E-state index is -6.00. The normalized spacial score (nSPS) is 12.6. The number of carbonyl (C=O) groups excluding carboxylic acids is 1. The molecule has 0 aliphatic carbocycles. The van der Waals surface area contributed by atoms with Crippen molar-refractivity contribution in [1.82, 2.24) is 4.90 Å². The number of rotatable bonds is 1. The first-order valence-electron chi connectivity index (χ1n) is 7.34. The van der Waals surface area contributed by atoms with Gasteiger partial charge in [-0.05, 0) is 25.0 Å². The Morgan fingerprint density at radius 3 is 1.13 bits per heavy atom. The van der Waals surface area contributed by atoms with Crippen LogP contribution < -0.4 is 154 Å². The van der Waals surface area contributed by atoms with Gasteiger partial charge < -0.3 is 56.7 Å². The van der Waals surface area contributed by atoms with E-state index in [-0.39, 0.29) is 160 Å². The van der Waals surface area contributed by atoms with Gasteiger partial charge in [-0.2, -0.15) is 0 Å². The van der Waals surface area contributed by atoms with E-state index >= 15 is 0 Å². The molecule has 0 spiro atoms. The second-order valence-electron chi connectivity index (χ2n) is 4.85. The van der Waals surface area contributed by atoms with Gasteiger partial charge in [-0.25, -0.2) is 0 Å². The van der Waals surface area contributed by atoms with Gasteiger partial charge in [0.05, 0.1) is 0 Å². The van der Waals surface area contributed by atoms with E-state index < -0.39 is 21.8 Å². The number of likely N-dealkylation sites (tertiary alicyclic amines) is 1. The maximum Gasteiger partial charge on any atom is 1.00 e. The van der Waals surface area contributed by atoms with Crippen LogP contribution in [-0.2, 0) is 0 Å². The number of hydrogen-bond donors (Lipinski definition) is 0. The fourth-order valence-corrected chi connectivity index (χ4v) is 1.68. The topological polar surface area (TPSA) is 20.3 Å². The van der Waals surface area contributed by atoms with Crippen molar-refractivity contribution in [3.8, 4) is 0 Å². The molecule has 1 amide bonds. The summed E-state index contributed by atoms with van der Waals surface area (Å²) in [6, 6.07) is 9.49. The van der Waals surface area contributed by atoms with Gasteiger partial charge in [0.15, 0.2) is 0 Å². The van der Waals surface area contributed by atoms with Crippen LogP contribution in [0.5, 0.6) is 0 Å². The molecule has 20 heteroatoms. The molecule has 2 nitrogen and oxygen atoms in total. The zero-order valence-electron chi connectivity index (χ0n) is 16.8. The third-order valence-electron chi connectivity index (χ3n) is 2.41. The minimum absolute atomic E-state index is 0. The Labute approximate surface area is 299 Å². The van der Waals surface area contributed by atoms with E-state index in [1.807, 2.05) is 35.2 Å². The molecule has 0 atom stereocenters. The van der Waals surface area contributed by atoms with Crippen molar-refractivity contribution in [1.29, 1.82) is 0 Å². The molecular formula is C11H13B3F12K3NO. The summed E-state index contributed by atoms with van der Waals surface area (Å²) in [4.78, 5) is 13.7. The van der Waals surface area contributed by atoms with Gasteiger partial charge in [0.25, 0.3) is 5.91 Å². The molecular weight excluding hydrogens is 540 g/mol. The Morgan fingerprint density at radius 1 is 0.613 bits per heavy atom. The number of halogens is 12. The molecule has 1 aromatic carbocycles. The largest absolute Gasteiger partial charge is 1.00 e. The SMILES string of the molecule is F[B-](F)(F)F.F[B-](F)(F)F.F[B-](F)(F)F.O=C(c1ccccc1)N1CCCC1.[K+].[K+].[K+]. The Hall–Kier alpha value is 2.95. The first-order chi connectivity index (χ1) is 12.4. The quantitative estimate of drug-likeness (QED) is 0.266. The third-order valence-corrected chi connectivity index (χ3v) is 2.41. The van der Waals surface area contributed by atoms with Crippen LogP contribution in [0.15, 0.2) is 30.3 Å². The molecule has 1 aliphatic rings. The van der Waals surface area contributed by atoms with Gasteiger partial charge in [0, 0.05) is 18.7 Å². The van der Waals surface area contributed by atoms with E-state index in [0.29, 0.717) is 0 Å². The molecule has 1 aliphatic heterocycles. The molecule has 0 radical (unpaired) electrons. The summed E-state index contributed by atoms with van der Waals surface area (Å²) in [5.74, 6) is 0.179. The number of carbonyl (C=O) groups is 1. The predicted octanol–water partition coefficient (Wildman–Crippen LogP) is -3.17. The van der Waals surface area contributed by atoms with E-state index in [1.165, 1.54) is 0 Å². The second kappa shape index (κ2) is 22.2. The molecule has 1 aromatic rings. The molecule has 0 unspecified atom stereocenters. The summed E-state index contributed by atoms with van der Waals surface area (Å²) >= 11 is 0. The molecule has 164 valence electrons. The summed E-state index contributed by atoms with van der Waals surface area (Å²) < 4.78 is 117. The van der Waals surface area contributed by atoms with Crippen molar-refractivity contribution in [2.24, 2.45) is 0 Å². The maximum atomic E-state index is 11.8. The van der Waals surface area contributed by atoms with Crippen molar-refractivity contribution in [3.63, 3.8) is 0 Å². The van der Waals surface area contributed by atoms with Crippen molar-refractivity contribution >= 4 is 27.7 Å². The predicted molar refractivity (Wildman–Crippen MR) is 82.1 cm³/mol. The maximum absolute atomic E-state index is 11.8. The van der Waals surface area contributed by atoms with Crippen LogP contribution in [0, 0.1) is 0 Å². The third kappa shape index (κ3) is 46.9. The molecule has 1 heterocycles. The monoisotopic (exact) mass is 553 g/mol. The Kier molecular flexibility index (Phi) is 31.5. The molecule has 0 saturated carbocycles. The summed E-state index contributed by atoms with van der Waals surface area (Å²) in [7, 11) is -18.0. The fraction of sp³-hybridized carbons (Fsp3) is 0.364.